The molecule has 0 saturated carbocycles. The number of hydrogen-bond acceptors (Lipinski definition) is 4. The Labute approximate surface area is 167 Å². The SMILES string of the molecule is CN(C(=O)CN1CCN(S(=O)(=O)c2ccc(F)c(F)c2F)CC1)c1ccccc1. The van der Waals surface area contributed by atoms with Crippen molar-refractivity contribution in [3.05, 3.63) is 59.9 Å². The van der Waals surface area contributed by atoms with Gasteiger partial charge in [-0.05, 0) is 24.3 Å². The molecule has 0 atom stereocenters. The number of para-hydroxylation sites is 1. The molecule has 10 heteroatoms. The number of amides is 1. The molecule has 1 saturated heterocycles. The summed E-state index contributed by atoms with van der Waals surface area (Å²) >= 11 is 0. The maximum absolute atomic E-state index is 13.9. The highest BCUT2D eigenvalue weighted by Crippen LogP contribution is 2.24. The maximum Gasteiger partial charge on any atom is 0.246 e. The first-order valence-corrected chi connectivity index (χ1v) is 10.3. The maximum atomic E-state index is 13.9. The fourth-order valence-corrected chi connectivity index (χ4v) is 4.55. The highest BCUT2D eigenvalue weighted by molar-refractivity contribution is 7.89. The van der Waals surface area contributed by atoms with E-state index in [-0.39, 0.29) is 38.6 Å². The molecule has 29 heavy (non-hydrogen) atoms. The van der Waals surface area contributed by atoms with Gasteiger partial charge in [0.25, 0.3) is 0 Å². The Hall–Kier alpha value is -2.43. The lowest BCUT2D eigenvalue weighted by Gasteiger charge is -2.34. The topological polar surface area (TPSA) is 60.9 Å². The largest absolute Gasteiger partial charge is 0.314 e. The summed E-state index contributed by atoms with van der Waals surface area (Å²) in [5, 5.41) is 0. The second-order valence-corrected chi connectivity index (χ2v) is 8.55. The van der Waals surface area contributed by atoms with Crippen molar-refractivity contribution in [3.63, 3.8) is 0 Å². The third kappa shape index (κ3) is 4.44. The predicted octanol–water partition coefficient (Wildman–Crippen LogP) is 2.07. The molecule has 0 spiro atoms. The van der Waals surface area contributed by atoms with Crippen molar-refractivity contribution in [1.82, 2.24) is 9.21 Å². The number of hydrogen-bond donors (Lipinski definition) is 0. The van der Waals surface area contributed by atoms with Gasteiger partial charge in [-0.15, -0.1) is 0 Å². The van der Waals surface area contributed by atoms with Gasteiger partial charge in [0.15, 0.2) is 17.5 Å². The number of carbonyl (C=O) groups excluding carboxylic acids is 1. The summed E-state index contributed by atoms with van der Waals surface area (Å²) in [5.41, 5.74) is 0.743. The number of benzene rings is 2. The number of carbonyl (C=O) groups is 1. The Bertz CT molecular complexity index is 995. The minimum Gasteiger partial charge on any atom is -0.314 e. The van der Waals surface area contributed by atoms with E-state index < -0.39 is 32.4 Å². The van der Waals surface area contributed by atoms with E-state index in [1.54, 1.807) is 24.1 Å². The predicted molar refractivity (Wildman–Crippen MR) is 101 cm³/mol. The Morgan fingerprint density at radius 1 is 0.966 bits per heavy atom. The minimum absolute atomic E-state index is 0.00308. The first-order valence-electron chi connectivity index (χ1n) is 8.89. The van der Waals surface area contributed by atoms with E-state index >= 15 is 0 Å². The molecule has 0 bridgehead atoms. The fourth-order valence-electron chi connectivity index (χ4n) is 3.07. The van der Waals surface area contributed by atoms with E-state index in [4.69, 9.17) is 0 Å². The van der Waals surface area contributed by atoms with Crippen molar-refractivity contribution in [1.29, 1.82) is 0 Å². The fraction of sp³-hybridized carbons (Fsp3) is 0.316. The van der Waals surface area contributed by atoms with Crippen LogP contribution in [-0.2, 0) is 14.8 Å². The van der Waals surface area contributed by atoms with Gasteiger partial charge in [0, 0.05) is 38.9 Å². The number of sulfonamides is 1. The Morgan fingerprint density at radius 2 is 1.59 bits per heavy atom. The smallest absolute Gasteiger partial charge is 0.246 e. The van der Waals surface area contributed by atoms with E-state index in [2.05, 4.69) is 0 Å². The monoisotopic (exact) mass is 427 g/mol. The van der Waals surface area contributed by atoms with Crippen molar-refractivity contribution < 1.29 is 26.4 Å². The van der Waals surface area contributed by atoms with Gasteiger partial charge in [0.05, 0.1) is 6.54 Å². The average Bonchev–Trinajstić information content (AvgIpc) is 2.72. The van der Waals surface area contributed by atoms with Crippen LogP contribution < -0.4 is 4.90 Å². The van der Waals surface area contributed by atoms with Crippen LogP contribution in [0.15, 0.2) is 47.4 Å². The summed E-state index contributed by atoms with van der Waals surface area (Å²) in [6.45, 7) is 0.600. The van der Waals surface area contributed by atoms with Crippen LogP contribution in [0.5, 0.6) is 0 Å². The molecule has 0 radical (unpaired) electrons. The Balaban J connectivity index is 1.63. The molecule has 2 aromatic carbocycles. The highest BCUT2D eigenvalue weighted by Gasteiger charge is 2.33. The van der Waals surface area contributed by atoms with Gasteiger partial charge in [-0.3, -0.25) is 9.69 Å². The van der Waals surface area contributed by atoms with Crippen LogP contribution in [0.2, 0.25) is 0 Å². The molecule has 0 aliphatic carbocycles. The van der Waals surface area contributed by atoms with Gasteiger partial charge in [0.1, 0.15) is 4.90 Å². The van der Waals surface area contributed by atoms with Crippen LogP contribution in [0.4, 0.5) is 18.9 Å². The molecule has 1 aliphatic heterocycles. The van der Waals surface area contributed by atoms with Crippen molar-refractivity contribution in [2.45, 2.75) is 4.90 Å². The van der Waals surface area contributed by atoms with Crippen LogP contribution in [0.3, 0.4) is 0 Å². The molecular weight excluding hydrogens is 407 g/mol. The van der Waals surface area contributed by atoms with Crippen LogP contribution in [0.25, 0.3) is 0 Å². The van der Waals surface area contributed by atoms with Crippen molar-refractivity contribution in [3.8, 4) is 0 Å². The number of anilines is 1. The lowest BCUT2D eigenvalue weighted by atomic mass is 10.3. The zero-order valence-electron chi connectivity index (χ0n) is 15.7. The quantitative estimate of drug-likeness (QED) is 0.686. The zero-order valence-corrected chi connectivity index (χ0v) is 16.5. The average molecular weight is 427 g/mol. The van der Waals surface area contributed by atoms with Crippen molar-refractivity contribution >= 4 is 21.6 Å². The molecule has 156 valence electrons. The van der Waals surface area contributed by atoms with Crippen molar-refractivity contribution in [2.24, 2.45) is 0 Å². The molecule has 1 amide bonds. The molecule has 3 rings (SSSR count). The minimum atomic E-state index is -4.31. The molecule has 0 aromatic heterocycles. The Morgan fingerprint density at radius 3 is 2.21 bits per heavy atom. The Kier molecular flexibility index (Phi) is 6.25. The molecule has 1 fully saturated rings. The molecule has 0 N–H and O–H groups in total. The number of rotatable bonds is 5. The zero-order chi connectivity index (χ0) is 21.2. The number of halogens is 3. The molecule has 1 heterocycles. The molecular formula is C19H20F3N3O3S. The summed E-state index contributed by atoms with van der Waals surface area (Å²) in [6, 6.07) is 10.4. The summed E-state index contributed by atoms with van der Waals surface area (Å²) in [4.78, 5) is 14.9. The van der Waals surface area contributed by atoms with Crippen LogP contribution in [0.1, 0.15) is 0 Å². The highest BCUT2D eigenvalue weighted by atomic mass is 32.2. The van der Waals surface area contributed by atoms with E-state index in [9.17, 15) is 26.4 Å². The molecule has 2 aromatic rings. The molecule has 6 nitrogen and oxygen atoms in total. The van der Waals surface area contributed by atoms with Gasteiger partial charge in [0.2, 0.25) is 15.9 Å². The van der Waals surface area contributed by atoms with Crippen LogP contribution >= 0.6 is 0 Å². The van der Waals surface area contributed by atoms with Crippen LogP contribution in [-0.4, -0.2) is 63.3 Å². The summed E-state index contributed by atoms with van der Waals surface area (Å²) in [7, 11) is -2.66. The number of piperazine rings is 1. The second kappa shape index (κ2) is 8.52. The lowest BCUT2D eigenvalue weighted by Crippen LogP contribution is -2.51. The number of likely N-dealkylation sites (N-methyl/N-ethyl adjacent to an activating group) is 1. The van der Waals surface area contributed by atoms with Gasteiger partial charge in [-0.25, -0.2) is 21.6 Å². The third-order valence-corrected chi connectivity index (χ3v) is 6.74. The van der Waals surface area contributed by atoms with Gasteiger partial charge in [-0.2, -0.15) is 4.31 Å². The van der Waals surface area contributed by atoms with E-state index in [1.165, 1.54) is 4.90 Å². The van der Waals surface area contributed by atoms with Gasteiger partial charge >= 0.3 is 0 Å². The second-order valence-electron chi connectivity index (χ2n) is 6.64. The summed E-state index contributed by atoms with van der Waals surface area (Å²) in [6.07, 6.45) is 0. The lowest BCUT2D eigenvalue weighted by molar-refractivity contribution is -0.119. The molecule has 1 aliphatic rings. The first-order chi connectivity index (χ1) is 13.7. The molecule has 0 unspecified atom stereocenters. The van der Waals surface area contributed by atoms with E-state index in [1.807, 2.05) is 18.2 Å². The summed E-state index contributed by atoms with van der Waals surface area (Å²) < 4.78 is 66.6. The van der Waals surface area contributed by atoms with Gasteiger partial charge in [-0.1, -0.05) is 18.2 Å². The standard InChI is InChI=1S/C19H20F3N3O3S/c1-23(14-5-3-2-4-6-14)17(26)13-24-9-11-25(12-10-24)29(27,28)16-8-7-15(20)18(21)19(16)22/h2-8H,9-13H2,1H3. The third-order valence-electron chi connectivity index (χ3n) is 4.83. The van der Waals surface area contributed by atoms with Crippen LogP contribution in [0, 0.1) is 17.5 Å². The van der Waals surface area contributed by atoms with E-state index in [0.717, 1.165) is 9.99 Å². The summed E-state index contributed by atoms with van der Waals surface area (Å²) in [5.74, 6) is -5.15. The normalized spacial score (nSPS) is 16.0. The van der Waals surface area contributed by atoms with Gasteiger partial charge < -0.3 is 4.90 Å². The van der Waals surface area contributed by atoms with Crippen molar-refractivity contribution in [2.75, 3.05) is 44.7 Å². The number of nitrogens with zero attached hydrogens (tertiary/aromatic N) is 3. The first kappa shape index (κ1) is 21.3. The van der Waals surface area contributed by atoms with E-state index in [0.29, 0.717) is 12.1 Å².